The van der Waals surface area contributed by atoms with Crippen molar-refractivity contribution in [2.75, 3.05) is 6.54 Å². The summed E-state index contributed by atoms with van der Waals surface area (Å²) in [5.41, 5.74) is 6.99. The third-order valence-electron chi connectivity index (χ3n) is 3.96. The highest BCUT2D eigenvalue weighted by atomic mass is 35.5. The molecule has 2 unspecified atom stereocenters. The lowest BCUT2D eigenvalue weighted by Gasteiger charge is -2.38. The molecule has 0 radical (unpaired) electrons. The molecule has 6 nitrogen and oxygen atoms in total. The summed E-state index contributed by atoms with van der Waals surface area (Å²) in [7, 11) is -3.61. The first-order chi connectivity index (χ1) is 10.3. The summed E-state index contributed by atoms with van der Waals surface area (Å²) in [6, 6.07) is 6.57. The van der Waals surface area contributed by atoms with E-state index in [4.69, 9.17) is 10.9 Å². The lowest BCUT2D eigenvalue weighted by molar-refractivity contribution is 0.0583. The molecule has 1 aromatic carbocycles. The van der Waals surface area contributed by atoms with E-state index >= 15 is 0 Å². The van der Waals surface area contributed by atoms with Gasteiger partial charge in [-0.2, -0.15) is 0 Å². The van der Waals surface area contributed by atoms with Crippen molar-refractivity contribution in [2.45, 2.75) is 44.0 Å². The number of nitrogens with two attached hydrogens (primary N) is 2. The second-order valence-corrected chi connectivity index (χ2v) is 7.54. The average Bonchev–Trinajstić information content (AvgIpc) is 2.45. The fourth-order valence-corrected chi connectivity index (χ4v) is 3.59. The van der Waals surface area contributed by atoms with Crippen molar-refractivity contribution in [1.82, 2.24) is 4.90 Å². The summed E-state index contributed by atoms with van der Waals surface area (Å²) in [6.45, 7) is 2.60. The van der Waals surface area contributed by atoms with E-state index in [-0.39, 0.29) is 36.2 Å². The number of sulfonamides is 1. The maximum absolute atomic E-state index is 12.7. The van der Waals surface area contributed by atoms with E-state index in [1.807, 2.05) is 11.8 Å². The summed E-state index contributed by atoms with van der Waals surface area (Å²) in [5, 5.41) is 5.06. The van der Waals surface area contributed by atoms with Gasteiger partial charge in [-0.05, 0) is 43.9 Å². The van der Waals surface area contributed by atoms with Crippen LogP contribution < -0.4 is 10.9 Å². The maximum atomic E-state index is 12.7. The van der Waals surface area contributed by atoms with Crippen LogP contribution in [0.3, 0.4) is 0 Å². The normalized spacial score (nSPS) is 19.8. The Morgan fingerprint density at radius 1 is 1.39 bits per heavy atom. The van der Waals surface area contributed by atoms with Gasteiger partial charge in [0.05, 0.1) is 5.75 Å². The van der Waals surface area contributed by atoms with E-state index in [0.717, 1.165) is 19.3 Å². The lowest BCUT2D eigenvalue weighted by Crippen LogP contribution is -2.51. The minimum atomic E-state index is -3.61. The number of benzene rings is 1. The van der Waals surface area contributed by atoms with Gasteiger partial charge in [0.25, 0.3) is 5.91 Å². The molecule has 1 aliphatic heterocycles. The lowest BCUT2D eigenvalue weighted by atomic mass is 9.96. The van der Waals surface area contributed by atoms with Gasteiger partial charge in [0, 0.05) is 24.2 Å². The molecule has 0 saturated carbocycles. The molecule has 23 heavy (non-hydrogen) atoms. The molecular formula is C15H24ClN3O3S. The van der Waals surface area contributed by atoms with Crippen LogP contribution in [-0.2, 0) is 15.8 Å². The van der Waals surface area contributed by atoms with Gasteiger partial charge in [-0.3, -0.25) is 4.79 Å². The van der Waals surface area contributed by atoms with Crippen molar-refractivity contribution >= 4 is 28.3 Å². The average molecular weight is 362 g/mol. The highest BCUT2D eigenvalue weighted by Gasteiger charge is 2.29. The molecule has 0 aliphatic carbocycles. The molecule has 1 amide bonds. The Kier molecular flexibility index (Phi) is 7.01. The summed E-state index contributed by atoms with van der Waals surface area (Å²) in [6.07, 6.45) is 2.94. The van der Waals surface area contributed by atoms with Crippen molar-refractivity contribution < 1.29 is 13.2 Å². The van der Waals surface area contributed by atoms with E-state index in [9.17, 15) is 13.2 Å². The molecule has 0 bridgehead atoms. The second kappa shape index (κ2) is 8.10. The highest BCUT2D eigenvalue weighted by molar-refractivity contribution is 7.88. The van der Waals surface area contributed by atoms with E-state index in [0.29, 0.717) is 17.7 Å². The van der Waals surface area contributed by atoms with Crippen LogP contribution in [-0.4, -0.2) is 37.9 Å². The molecule has 4 N–H and O–H groups in total. The monoisotopic (exact) mass is 361 g/mol. The number of piperidine rings is 1. The molecule has 0 spiro atoms. The predicted molar refractivity (Wildman–Crippen MR) is 92.8 cm³/mol. The second-order valence-electron chi connectivity index (χ2n) is 5.93. The van der Waals surface area contributed by atoms with Crippen LogP contribution in [0.5, 0.6) is 0 Å². The van der Waals surface area contributed by atoms with Crippen LogP contribution in [0.25, 0.3) is 0 Å². The zero-order chi connectivity index (χ0) is 16.3. The van der Waals surface area contributed by atoms with Crippen LogP contribution in [0, 0.1) is 0 Å². The Labute approximate surface area is 143 Å². The zero-order valence-corrected chi connectivity index (χ0v) is 14.8. The standard InChI is InChI=1S/C15H23N3O3S.ClH/c1-11(16)14-7-2-3-8-18(14)15(19)13-6-4-5-12(9-13)10-22(17,20)21;/h4-6,9,11,14H,2-3,7-8,10,16H2,1H3,(H2,17,20,21);1H. The van der Waals surface area contributed by atoms with E-state index in [2.05, 4.69) is 0 Å². The highest BCUT2D eigenvalue weighted by Crippen LogP contribution is 2.22. The van der Waals surface area contributed by atoms with Gasteiger partial charge in [-0.25, -0.2) is 13.6 Å². The summed E-state index contributed by atoms with van der Waals surface area (Å²) >= 11 is 0. The molecule has 1 saturated heterocycles. The molecule has 2 rings (SSSR count). The van der Waals surface area contributed by atoms with Crippen molar-refractivity contribution in [3.05, 3.63) is 35.4 Å². The van der Waals surface area contributed by atoms with Crippen LogP contribution in [0.4, 0.5) is 0 Å². The molecular weight excluding hydrogens is 338 g/mol. The first-order valence-corrected chi connectivity index (χ1v) is 9.15. The number of hydrogen-bond donors (Lipinski definition) is 2. The van der Waals surface area contributed by atoms with Gasteiger partial charge >= 0.3 is 0 Å². The van der Waals surface area contributed by atoms with Crippen molar-refractivity contribution in [2.24, 2.45) is 10.9 Å². The largest absolute Gasteiger partial charge is 0.334 e. The SMILES string of the molecule is CC(N)C1CCCCN1C(=O)c1cccc(CS(N)(=O)=O)c1.Cl. The fourth-order valence-electron chi connectivity index (χ4n) is 2.95. The van der Waals surface area contributed by atoms with Crippen molar-refractivity contribution in [3.8, 4) is 0 Å². The summed E-state index contributed by atoms with van der Waals surface area (Å²) in [5.74, 6) is -0.372. The first-order valence-electron chi connectivity index (χ1n) is 7.44. The summed E-state index contributed by atoms with van der Waals surface area (Å²) in [4.78, 5) is 14.5. The third kappa shape index (κ3) is 5.46. The molecule has 130 valence electrons. The molecule has 1 fully saturated rings. The van der Waals surface area contributed by atoms with E-state index in [1.54, 1.807) is 24.3 Å². The Hall–Kier alpha value is -1.15. The Morgan fingerprint density at radius 3 is 2.70 bits per heavy atom. The number of likely N-dealkylation sites (tertiary alicyclic amines) is 1. The third-order valence-corrected chi connectivity index (χ3v) is 4.69. The number of amides is 1. The Bertz CT molecular complexity index is 649. The molecule has 8 heteroatoms. The van der Waals surface area contributed by atoms with E-state index in [1.165, 1.54) is 0 Å². The van der Waals surface area contributed by atoms with Crippen LogP contribution in [0.2, 0.25) is 0 Å². The number of halogens is 1. The van der Waals surface area contributed by atoms with Gasteiger partial charge in [-0.1, -0.05) is 12.1 Å². The van der Waals surface area contributed by atoms with Crippen molar-refractivity contribution in [3.63, 3.8) is 0 Å². The van der Waals surface area contributed by atoms with Gasteiger partial charge < -0.3 is 10.6 Å². The maximum Gasteiger partial charge on any atom is 0.254 e. The number of primary sulfonamides is 1. The number of nitrogens with zero attached hydrogens (tertiary/aromatic N) is 1. The fraction of sp³-hybridized carbons (Fsp3) is 0.533. The van der Waals surface area contributed by atoms with E-state index < -0.39 is 10.0 Å². The topological polar surface area (TPSA) is 106 Å². The summed E-state index contributed by atoms with van der Waals surface area (Å²) < 4.78 is 22.4. The Balaban J connectivity index is 0.00000264. The van der Waals surface area contributed by atoms with Gasteiger partial charge in [0.15, 0.2) is 0 Å². The smallest absolute Gasteiger partial charge is 0.254 e. The minimum Gasteiger partial charge on any atom is -0.334 e. The predicted octanol–water partition coefficient (Wildman–Crippen LogP) is 1.24. The number of hydrogen-bond acceptors (Lipinski definition) is 4. The van der Waals surface area contributed by atoms with Gasteiger partial charge in [0.2, 0.25) is 10.0 Å². The molecule has 1 aromatic rings. The van der Waals surface area contributed by atoms with Gasteiger partial charge in [0.1, 0.15) is 0 Å². The minimum absolute atomic E-state index is 0. The molecule has 1 aliphatic rings. The van der Waals surface area contributed by atoms with Crippen LogP contribution in [0.15, 0.2) is 24.3 Å². The number of carbonyl (C=O) groups is 1. The number of carbonyl (C=O) groups excluding carboxylic acids is 1. The molecule has 2 atom stereocenters. The van der Waals surface area contributed by atoms with Gasteiger partial charge in [-0.15, -0.1) is 12.4 Å². The quantitative estimate of drug-likeness (QED) is 0.841. The van der Waals surface area contributed by atoms with Crippen LogP contribution >= 0.6 is 12.4 Å². The van der Waals surface area contributed by atoms with Crippen LogP contribution in [0.1, 0.15) is 42.1 Å². The first kappa shape index (κ1) is 19.9. The molecule has 0 aromatic heterocycles. The van der Waals surface area contributed by atoms with Crippen molar-refractivity contribution in [1.29, 1.82) is 0 Å². The number of rotatable bonds is 4. The zero-order valence-electron chi connectivity index (χ0n) is 13.1. The Morgan fingerprint density at radius 2 is 2.09 bits per heavy atom. The molecule has 1 heterocycles.